The minimum absolute atomic E-state index is 0. The zero-order valence-corrected chi connectivity index (χ0v) is 17.8. The number of rotatable bonds is 6. The van der Waals surface area contributed by atoms with Gasteiger partial charge in [0.25, 0.3) is 0 Å². The first-order valence-corrected chi connectivity index (χ1v) is 8.08. The first-order chi connectivity index (χ1) is 12.0. The summed E-state index contributed by atoms with van der Waals surface area (Å²) in [6, 6.07) is 3.68. The molecule has 2 aromatic heterocycles. The summed E-state index contributed by atoms with van der Waals surface area (Å²) in [6.07, 6.45) is 2.01. The van der Waals surface area contributed by atoms with E-state index < -0.39 is 0 Å². The molecule has 0 aromatic carbocycles. The smallest absolute Gasteiger partial charge is 0.227 e. The van der Waals surface area contributed by atoms with Crippen LogP contribution in [-0.2, 0) is 11.3 Å². The number of anilines is 1. The minimum atomic E-state index is -0.113. The Hall–Kier alpha value is -2.17. The Balaban J connectivity index is 0.00000338. The molecule has 26 heavy (non-hydrogen) atoms. The van der Waals surface area contributed by atoms with Crippen molar-refractivity contribution in [2.45, 2.75) is 33.7 Å². The van der Waals surface area contributed by atoms with Gasteiger partial charge in [-0.25, -0.2) is 9.97 Å². The highest BCUT2D eigenvalue weighted by Gasteiger charge is 2.07. The summed E-state index contributed by atoms with van der Waals surface area (Å²) < 4.78 is 5.50. The van der Waals surface area contributed by atoms with E-state index in [9.17, 15) is 4.79 Å². The summed E-state index contributed by atoms with van der Waals surface area (Å²) in [4.78, 5) is 24.5. The second-order valence-corrected chi connectivity index (χ2v) is 5.62. The molecule has 0 saturated carbocycles. The van der Waals surface area contributed by atoms with Gasteiger partial charge in [-0.1, -0.05) is 6.07 Å². The topological polar surface area (TPSA) is 104 Å². The number of aryl methyl sites for hydroxylation is 3. The van der Waals surface area contributed by atoms with Crippen LogP contribution in [0.15, 0.2) is 27.7 Å². The van der Waals surface area contributed by atoms with E-state index in [2.05, 4.69) is 30.9 Å². The highest BCUT2D eigenvalue weighted by molar-refractivity contribution is 14.0. The highest BCUT2D eigenvalue weighted by Crippen LogP contribution is 2.07. The molecule has 8 nitrogen and oxygen atoms in total. The van der Waals surface area contributed by atoms with Crippen LogP contribution in [0.5, 0.6) is 0 Å². The first-order valence-electron chi connectivity index (χ1n) is 8.08. The van der Waals surface area contributed by atoms with Crippen LogP contribution in [0.2, 0.25) is 0 Å². The van der Waals surface area contributed by atoms with Gasteiger partial charge >= 0.3 is 0 Å². The minimum Gasteiger partial charge on any atom is -0.444 e. The molecule has 0 bridgehead atoms. The number of guanidine groups is 1. The summed E-state index contributed by atoms with van der Waals surface area (Å²) in [6.45, 7) is 6.59. The fraction of sp³-hybridized carbons (Fsp3) is 0.412. The third kappa shape index (κ3) is 6.98. The van der Waals surface area contributed by atoms with Crippen LogP contribution in [-0.4, -0.2) is 35.4 Å². The Morgan fingerprint density at radius 1 is 1.23 bits per heavy atom. The van der Waals surface area contributed by atoms with E-state index in [0.29, 0.717) is 37.2 Å². The summed E-state index contributed by atoms with van der Waals surface area (Å²) in [5, 5.41) is 8.92. The number of nitrogens with one attached hydrogen (secondary N) is 3. The lowest BCUT2D eigenvalue weighted by Gasteiger charge is -2.10. The molecule has 2 rings (SSSR count). The molecule has 0 saturated heterocycles. The van der Waals surface area contributed by atoms with Gasteiger partial charge in [0.1, 0.15) is 11.6 Å². The molecular weight excluding hydrogens is 447 g/mol. The molecule has 0 unspecified atom stereocenters. The van der Waals surface area contributed by atoms with E-state index in [4.69, 9.17) is 4.42 Å². The SMILES string of the molecule is CN=C(NCCC(=O)Nc1ccc(C)cn1)NCc1nc(C)c(C)o1.I. The second-order valence-electron chi connectivity index (χ2n) is 5.62. The normalized spacial score (nSPS) is 10.8. The standard InChI is InChI=1S/C17H24N6O2.HI/c1-11-5-6-14(20-9-11)23-15(24)7-8-19-17(18-4)21-10-16-22-12(2)13(3)25-16;/h5-6,9H,7-8,10H2,1-4H3,(H2,18,19,21)(H,20,23,24);1H. The number of aromatic nitrogens is 2. The molecule has 1 amide bonds. The molecular formula is C17H25IN6O2. The zero-order valence-electron chi connectivity index (χ0n) is 15.4. The molecule has 2 aromatic rings. The summed E-state index contributed by atoms with van der Waals surface area (Å²) in [7, 11) is 1.66. The number of hydrogen-bond donors (Lipinski definition) is 3. The average Bonchev–Trinajstić information content (AvgIpc) is 2.91. The monoisotopic (exact) mass is 472 g/mol. The van der Waals surface area contributed by atoms with E-state index in [1.54, 1.807) is 19.3 Å². The Bertz CT molecular complexity index is 723. The predicted molar refractivity (Wildman–Crippen MR) is 112 cm³/mol. The van der Waals surface area contributed by atoms with Crippen LogP contribution in [0, 0.1) is 20.8 Å². The highest BCUT2D eigenvalue weighted by atomic mass is 127. The fourth-order valence-electron chi connectivity index (χ4n) is 2.04. The number of amides is 1. The van der Waals surface area contributed by atoms with Crippen LogP contribution < -0.4 is 16.0 Å². The van der Waals surface area contributed by atoms with Crippen LogP contribution >= 0.6 is 24.0 Å². The van der Waals surface area contributed by atoms with Crippen molar-refractivity contribution in [2.75, 3.05) is 18.9 Å². The lowest BCUT2D eigenvalue weighted by atomic mass is 10.3. The van der Waals surface area contributed by atoms with Crippen LogP contribution in [0.25, 0.3) is 0 Å². The number of aliphatic imine (C=N–C) groups is 1. The van der Waals surface area contributed by atoms with Crippen molar-refractivity contribution in [1.29, 1.82) is 0 Å². The quantitative estimate of drug-likeness (QED) is 0.339. The second kappa shape index (κ2) is 10.7. The largest absolute Gasteiger partial charge is 0.444 e. The van der Waals surface area contributed by atoms with Gasteiger partial charge in [0.15, 0.2) is 5.96 Å². The molecule has 9 heteroatoms. The van der Waals surface area contributed by atoms with E-state index in [1.165, 1.54) is 0 Å². The maximum Gasteiger partial charge on any atom is 0.227 e. The van der Waals surface area contributed by atoms with Crippen molar-refractivity contribution < 1.29 is 9.21 Å². The average molecular weight is 472 g/mol. The number of carbonyl (C=O) groups excluding carboxylic acids is 1. The van der Waals surface area contributed by atoms with Crippen molar-refractivity contribution >= 4 is 41.7 Å². The summed E-state index contributed by atoms with van der Waals surface area (Å²) in [5.41, 5.74) is 1.92. The summed E-state index contributed by atoms with van der Waals surface area (Å²) in [5.74, 6) is 2.42. The van der Waals surface area contributed by atoms with Crippen molar-refractivity contribution in [3.63, 3.8) is 0 Å². The van der Waals surface area contributed by atoms with Crippen molar-refractivity contribution in [3.8, 4) is 0 Å². The van der Waals surface area contributed by atoms with E-state index in [-0.39, 0.29) is 29.9 Å². The van der Waals surface area contributed by atoms with Crippen LogP contribution in [0.1, 0.15) is 29.3 Å². The molecule has 0 spiro atoms. The van der Waals surface area contributed by atoms with Gasteiger partial charge in [0.2, 0.25) is 11.8 Å². The van der Waals surface area contributed by atoms with Crippen molar-refractivity contribution in [3.05, 3.63) is 41.2 Å². The van der Waals surface area contributed by atoms with Gasteiger partial charge < -0.3 is 20.4 Å². The lowest BCUT2D eigenvalue weighted by molar-refractivity contribution is -0.116. The Morgan fingerprint density at radius 3 is 2.58 bits per heavy atom. The van der Waals surface area contributed by atoms with E-state index in [0.717, 1.165) is 17.0 Å². The van der Waals surface area contributed by atoms with Gasteiger partial charge in [-0.05, 0) is 32.4 Å². The van der Waals surface area contributed by atoms with E-state index in [1.807, 2.05) is 26.8 Å². The maximum atomic E-state index is 11.9. The van der Waals surface area contributed by atoms with Gasteiger partial charge in [-0.3, -0.25) is 9.79 Å². The van der Waals surface area contributed by atoms with Gasteiger partial charge in [0.05, 0.1) is 12.2 Å². The Morgan fingerprint density at radius 2 is 2.00 bits per heavy atom. The lowest BCUT2D eigenvalue weighted by Crippen LogP contribution is -2.38. The van der Waals surface area contributed by atoms with Gasteiger partial charge in [-0.15, -0.1) is 24.0 Å². The zero-order chi connectivity index (χ0) is 18.2. The van der Waals surface area contributed by atoms with Gasteiger partial charge in [0, 0.05) is 26.2 Å². The van der Waals surface area contributed by atoms with Crippen LogP contribution in [0.4, 0.5) is 5.82 Å². The number of pyridine rings is 1. The van der Waals surface area contributed by atoms with Crippen molar-refractivity contribution in [1.82, 2.24) is 20.6 Å². The number of nitrogens with zero attached hydrogens (tertiary/aromatic N) is 3. The molecule has 0 aliphatic rings. The molecule has 142 valence electrons. The molecule has 0 aliphatic heterocycles. The van der Waals surface area contributed by atoms with Crippen LogP contribution in [0.3, 0.4) is 0 Å². The number of hydrogen-bond acceptors (Lipinski definition) is 5. The fourth-order valence-corrected chi connectivity index (χ4v) is 2.04. The number of carbonyl (C=O) groups is 1. The maximum absolute atomic E-state index is 11.9. The Kier molecular flexibility index (Phi) is 9.03. The molecule has 3 N–H and O–H groups in total. The van der Waals surface area contributed by atoms with Gasteiger partial charge in [-0.2, -0.15) is 0 Å². The molecule has 0 fully saturated rings. The molecule has 0 aliphatic carbocycles. The van der Waals surface area contributed by atoms with E-state index >= 15 is 0 Å². The third-order valence-electron chi connectivity index (χ3n) is 3.53. The predicted octanol–water partition coefficient (Wildman–Crippen LogP) is 2.31. The molecule has 0 atom stereocenters. The summed E-state index contributed by atoms with van der Waals surface area (Å²) >= 11 is 0. The Labute approximate surface area is 170 Å². The molecule has 0 radical (unpaired) electrons. The first kappa shape index (κ1) is 21.9. The van der Waals surface area contributed by atoms with Crippen molar-refractivity contribution in [2.24, 2.45) is 4.99 Å². The molecule has 2 heterocycles. The number of halogens is 1. The number of oxazole rings is 1. The third-order valence-corrected chi connectivity index (χ3v) is 3.53.